The Morgan fingerprint density at radius 2 is 1.38 bits per heavy atom. The second-order valence-electron chi connectivity index (χ2n) is 3.17. The summed E-state index contributed by atoms with van der Waals surface area (Å²) in [5.74, 6) is -1.37. The Balaban J connectivity index is 4.78. The molecular weight excluding hydrogens is 240 g/mol. The zero-order valence-corrected chi connectivity index (χ0v) is 8.24. The van der Waals surface area contributed by atoms with E-state index in [0.29, 0.717) is 0 Å². The van der Waals surface area contributed by atoms with Crippen LogP contribution >= 0.6 is 0 Å². The van der Waals surface area contributed by atoms with Crippen LogP contribution in [0.15, 0.2) is 12.2 Å². The van der Waals surface area contributed by atoms with Crippen LogP contribution in [0.2, 0.25) is 0 Å². The average Bonchev–Trinajstić information content (AvgIpc) is 1.95. The molecule has 0 fully saturated rings. The van der Waals surface area contributed by atoms with Crippen molar-refractivity contribution < 1.29 is 31.1 Å². The number of hydrogen-bond donors (Lipinski definition) is 0. The molecule has 0 N–H and O–H groups in total. The van der Waals surface area contributed by atoms with Crippen LogP contribution < -0.4 is 0 Å². The summed E-state index contributed by atoms with van der Waals surface area (Å²) in [5.41, 5.74) is -0.381. The van der Waals surface area contributed by atoms with Crippen molar-refractivity contribution >= 4 is 5.91 Å². The van der Waals surface area contributed by atoms with E-state index in [1.165, 1.54) is 0 Å². The molecule has 0 aromatic rings. The number of hydrogen-bond acceptors (Lipinski definition) is 1. The summed E-state index contributed by atoms with van der Waals surface area (Å²) in [5, 5.41) is 0. The molecule has 0 heterocycles. The lowest BCUT2D eigenvalue weighted by molar-refractivity contribution is -0.185. The standard InChI is InChI=1S/C8H9F6NO/c1-5(2)6(16)15(3-7(9,10)11)4-8(12,13)14/h1,3-4H2,2H3. The molecule has 0 unspecified atom stereocenters. The third-order valence-corrected chi connectivity index (χ3v) is 1.39. The van der Waals surface area contributed by atoms with Gasteiger partial charge in [-0.25, -0.2) is 0 Å². The highest BCUT2D eigenvalue weighted by atomic mass is 19.4. The molecule has 16 heavy (non-hydrogen) atoms. The lowest BCUT2D eigenvalue weighted by Gasteiger charge is -2.24. The minimum Gasteiger partial charge on any atom is -0.321 e. The number of alkyl halides is 6. The van der Waals surface area contributed by atoms with E-state index in [1.54, 1.807) is 0 Å². The van der Waals surface area contributed by atoms with Crippen molar-refractivity contribution in [1.82, 2.24) is 4.90 Å². The van der Waals surface area contributed by atoms with Gasteiger partial charge in [0.15, 0.2) is 0 Å². The quantitative estimate of drug-likeness (QED) is 0.556. The van der Waals surface area contributed by atoms with Crippen LogP contribution in [0.1, 0.15) is 6.92 Å². The topological polar surface area (TPSA) is 20.3 Å². The van der Waals surface area contributed by atoms with Gasteiger partial charge in [-0.3, -0.25) is 4.79 Å². The van der Waals surface area contributed by atoms with Crippen molar-refractivity contribution in [1.29, 1.82) is 0 Å². The minimum atomic E-state index is -4.88. The van der Waals surface area contributed by atoms with E-state index < -0.39 is 31.3 Å². The molecule has 0 aliphatic carbocycles. The first kappa shape index (κ1) is 14.8. The lowest BCUT2D eigenvalue weighted by atomic mass is 10.3. The highest BCUT2D eigenvalue weighted by Gasteiger charge is 2.39. The first-order chi connectivity index (χ1) is 6.92. The highest BCUT2D eigenvalue weighted by Crippen LogP contribution is 2.22. The summed E-state index contributed by atoms with van der Waals surface area (Å²) < 4.78 is 71.5. The Kier molecular flexibility index (Phi) is 4.39. The van der Waals surface area contributed by atoms with Crippen molar-refractivity contribution in [3.8, 4) is 0 Å². The number of halogens is 6. The second-order valence-corrected chi connectivity index (χ2v) is 3.17. The van der Waals surface area contributed by atoms with Crippen LogP contribution in [0.4, 0.5) is 26.3 Å². The third kappa shape index (κ3) is 6.31. The van der Waals surface area contributed by atoms with Gasteiger partial charge in [0.05, 0.1) is 0 Å². The van der Waals surface area contributed by atoms with Crippen molar-refractivity contribution in [3.63, 3.8) is 0 Å². The number of carbonyl (C=O) groups is 1. The SMILES string of the molecule is C=C(C)C(=O)N(CC(F)(F)F)CC(F)(F)F. The van der Waals surface area contributed by atoms with Crippen LogP contribution in [-0.2, 0) is 4.79 Å². The molecule has 0 aliphatic rings. The van der Waals surface area contributed by atoms with Crippen LogP contribution in [0, 0.1) is 0 Å². The minimum absolute atomic E-state index is 0.331. The summed E-state index contributed by atoms with van der Waals surface area (Å²) in [4.78, 5) is 10.7. The van der Waals surface area contributed by atoms with E-state index in [4.69, 9.17) is 0 Å². The van der Waals surface area contributed by atoms with Gasteiger partial charge in [-0.1, -0.05) is 6.58 Å². The first-order valence-electron chi connectivity index (χ1n) is 4.00. The van der Waals surface area contributed by atoms with Crippen LogP contribution in [0.25, 0.3) is 0 Å². The molecule has 0 saturated heterocycles. The maximum Gasteiger partial charge on any atom is 0.406 e. The molecule has 0 atom stereocenters. The summed E-state index contributed by atoms with van der Waals surface area (Å²) in [6.45, 7) is 0.161. The highest BCUT2D eigenvalue weighted by molar-refractivity contribution is 5.92. The second kappa shape index (κ2) is 4.75. The molecule has 0 rings (SSSR count). The van der Waals surface area contributed by atoms with Crippen molar-refractivity contribution in [3.05, 3.63) is 12.2 Å². The van der Waals surface area contributed by atoms with Gasteiger partial charge in [0.1, 0.15) is 13.1 Å². The molecule has 0 radical (unpaired) electrons. The summed E-state index contributed by atoms with van der Waals surface area (Å²) in [7, 11) is 0. The lowest BCUT2D eigenvalue weighted by Crippen LogP contribution is -2.44. The van der Waals surface area contributed by atoms with E-state index in [9.17, 15) is 31.1 Å². The zero-order valence-electron chi connectivity index (χ0n) is 8.24. The van der Waals surface area contributed by atoms with Gasteiger partial charge in [-0.05, 0) is 6.92 Å². The molecule has 2 nitrogen and oxygen atoms in total. The predicted octanol–water partition coefficient (Wildman–Crippen LogP) is 2.52. The van der Waals surface area contributed by atoms with Gasteiger partial charge in [-0.2, -0.15) is 26.3 Å². The van der Waals surface area contributed by atoms with Gasteiger partial charge >= 0.3 is 12.4 Å². The van der Waals surface area contributed by atoms with E-state index in [-0.39, 0.29) is 10.5 Å². The maximum absolute atomic E-state index is 11.9. The number of carbonyl (C=O) groups excluding carboxylic acids is 1. The molecule has 0 aromatic heterocycles. The summed E-state index contributed by atoms with van der Waals surface area (Å²) in [6.07, 6.45) is -9.76. The normalized spacial score (nSPS) is 12.4. The van der Waals surface area contributed by atoms with Crippen LogP contribution in [0.3, 0.4) is 0 Å². The smallest absolute Gasteiger partial charge is 0.321 e. The molecule has 0 saturated carbocycles. The first-order valence-corrected chi connectivity index (χ1v) is 4.00. The van der Waals surface area contributed by atoms with E-state index in [0.717, 1.165) is 6.92 Å². The molecule has 0 spiro atoms. The fraction of sp³-hybridized carbons (Fsp3) is 0.625. The largest absolute Gasteiger partial charge is 0.406 e. The molecule has 0 bridgehead atoms. The molecular formula is C8H9F6NO. The van der Waals surface area contributed by atoms with E-state index >= 15 is 0 Å². The average molecular weight is 249 g/mol. The summed E-state index contributed by atoms with van der Waals surface area (Å²) >= 11 is 0. The van der Waals surface area contributed by atoms with E-state index in [1.807, 2.05) is 0 Å². The van der Waals surface area contributed by atoms with Crippen LogP contribution in [-0.4, -0.2) is 36.2 Å². The van der Waals surface area contributed by atoms with Gasteiger partial charge in [0.2, 0.25) is 5.91 Å². The Labute approximate surface area is 87.5 Å². The predicted molar refractivity (Wildman–Crippen MR) is 43.5 cm³/mol. The fourth-order valence-corrected chi connectivity index (χ4v) is 0.902. The Morgan fingerprint density at radius 3 is 1.56 bits per heavy atom. The zero-order chi connectivity index (χ0) is 13.1. The van der Waals surface area contributed by atoms with Gasteiger partial charge < -0.3 is 4.90 Å². The van der Waals surface area contributed by atoms with Crippen LogP contribution in [0.5, 0.6) is 0 Å². The summed E-state index contributed by atoms with van der Waals surface area (Å²) in [6, 6.07) is 0. The Bertz CT molecular complexity index is 263. The Morgan fingerprint density at radius 1 is 1.06 bits per heavy atom. The molecule has 0 aliphatic heterocycles. The molecule has 1 amide bonds. The molecule has 0 aromatic carbocycles. The van der Waals surface area contributed by atoms with Gasteiger partial charge in [0, 0.05) is 5.57 Å². The fourth-order valence-electron chi connectivity index (χ4n) is 0.902. The molecule has 8 heteroatoms. The van der Waals surface area contributed by atoms with Gasteiger partial charge in [-0.15, -0.1) is 0 Å². The number of amides is 1. The van der Waals surface area contributed by atoms with E-state index in [2.05, 4.69) is 6.58 Å². The Hall–Kier alpha value is -1.21. The number of nitrogens with zero attached hydrogens (tertiary/aromatic N) is 1. The molecule has 94 valence electrons. The van der Waals surface area contributed by atoms with Crippen molar-refractivity contribution in [2.24, 2.45) is 0 Å². The number of rotatable bonds is 3. The third-order valence-electron chi connectivity index (χ3n) is 1.39. The monoisotopic (exact) mass is 249 g/mol. The van der Waals surface area contributed by atoms with Gasteiger partial charge in [0.25, 0.3) is 0 Å². The maximum atomic E-state index is 11.9. The van der Waals surface area contributed by atoms with Crippen molar-refractivity contribution in [2.75, 3.05) is 13.1 Å². The van der Waals surface area contributed by atoms with Crippen molar-refractivity contribution in [2.45, 2.75) is 19.3 Å².